The summed E-state index contributed by atoms with van der Waals surface area (Å²) in [6, 6.07) is 61.7. The smallest absolute Gasteiger partial charge is 0.0736 e. The van der Waals surface area contributed by atoms with Gasteiger partial charge in [0.05, 0.1) is 16.4 Å². The second kappa shape index (κ2) is 9.76. The van der Waals surface area contributed by atoms with Gasteiger partial charge >= 0.3 is 0 Å². The Morgan fingerprint density at radius 3 is 1.94 bits per heavy atom. The van der Waals surface area contributed by atoms with Gasteiger partial charge in [-0.15, -0.1) is 11.3 Å². The third kappa shape index (κ3) is 3.34. The van der Waals surface area contributed by atoms with E-state index in [9.17, 15) is 0 Å². The molecule has 3 heteroatoms. The molecule has 0 fully saturated rings. The molecule has 0 saturated heterocycles. The summed E-state index contributed by atoms with van der Waals surface area (Å²) in [5, 5.41) is 7.75. The topological polar surface area (TPSA) is 4.93 Å². The van der Waals surface area contributed by atoms with Crippen LogP contribution in [0.5, 0.6) is 0 Å². The quantitative estimate of drug-likeness (QED) is 0.168. The molecule has 0 saturated carbocycles. The molecule has 50 heavy (non-hydrogen) atoms. The predicted molar refractivity (Wildman–Crippen MR) is 213 cm³/mol. The minimum atomic E-state index is -0.421. The van der Waals surface area contributed by atoms with Crippen molar-refractivity contribution in [1.29, 1.82) is 0 Å². The van der Waals surface area contributed by atoms with Crippen LogP contribution in [0.1, 0.15) is 22.3 Å². The van der Waals surface area contributed by atoms with Crippen molar-refractivity contribution in [1.82, 2.24) is 4.57 Å². The molecular formula is C47H27NS2. The lowest BCUT2D eigenvalue weighted by atomic mass is 9.67. The molecule has 0 amide bonds. The summed E-state index contributed by atoms with van der Waals surface area (Å²) in [5.74, 6) is 0. The zero-order valence-electron chi connectivity index (χ0n) is 26.9. The first kappa shape index (κ1) is 27.2. The first-order valence-electron chi connectivity index (χ1n) is 17.2. The van der Waals surface area contributed by atoms with E-state index in [1.54, 1.807) is 0 Å². The Bertz CT molecular complexity index is 3040. The molecule has 2 aromatic heterocycles. The highest BCUT2D eigenvalue weighted by Crippen LogP contribution is 2.62. The summed E-state index contributed by atoms with van der Waals surface area (Å²) in [5.41, 5.74) is 11.4. The van der Waals surface area contributed by atoms with E-state index in [1.807, 2.05) is 23.1 Å². The Morgan fingerprint density at radius 2 is 1.10 bits per heavy atom. The molecule has 12 rings (SSSR count). The lowest BCUT2D eigenvalue weighted by molar-refractivity contribution is 0.724. The average Bonchev–Trinajstić information content (AvgIpc) is 3.81. The Labute approximate surface area is 297 Å². The standard InChI is InChI=1S/C47H27NS2/c1-2-12-30-28(11-1)21-23-34-35-26-45-40(27-41(35)48(46(30)34)29-22-24-43-36(25-29)33-15-5-9-19-42(33)49-43)47(39-18-8-10-20-44(39)50-45)37-16-6-3-13-31(37)32-14-4-7-17-38(32)47/h1-27H. The lowest BCUT2D eigenvalue weighted by Gasteiger charge is -2.39. The van der Waals surface area contributed by atoms with E-state index >= 15 is 0 Å². The predicted octanol–water partition coefficient (Wildman–Crippen LogP) is 13.1. The second-order valence-electron chi connectivity index (χ2n) is 13.6. The Balaban J connectivity index is 1.27. The number of benzene rings is 8. The van der Waals surface area contributed by atoms with Crippen molar-refractivity contribution in [3.63, 3.8) is 0 Å². The van der Waals surface area contributed by atoms with Crippen LogP contribution < -0.4 is 0 Å². The number of hydrogen-bond acceptors (Lipinski definition) is 2. The van der Waals surface area contributed by atoms with Crippen LogP contribution >= 0.6 is 23.1 Å². The van der Waals surface area contributed by atoms with E-state index in [2.05, 4.69) is 168 Å². The van der Waals surface area contributed by atoms with E-state index in [4.69, 9.17) is 0 Å². The van der Waals surface area contributed by atoms with Crippen LogP contribution in [-0.2, 0) is 5.41 Å². The van der Waals surface area contributed by atoms with Gasteiger partial charge in [-0.3, -0.25) is 0 Å². The van der Waals surface area contributed by atoms with Crippen molar-refractivity contribution >= 4 is 75.8 Å². The fourth-order valence-corrected chi connectivity index (χ4v) is 11.5. The summed E-state index contributed by atoms with van der Waals surface area (Å²) in [4.78, 5) is 2.66. The molecule has 232 valence electrons. The van der Waals surface area contributed by atoms with Crippen LogP contribution in [-0.4, -0.2) is 4.57 Å². The van der Waals surface area contributed by atoms with Gasteiger partial charge in [-0.05, 0) is 81.2 Å². The monoisotopic (exact) mass is 669 g/mol. The summed E-state index contributed by atoms with van der Waals surface area (Å²) in [6.07, 6.45) is 0. The van der Waals surface area contributed by atoms with E-state index in [0.29, 0.717) is 0 Å². The summed E-state index contributed by atoms with van der Waals surface area (Å²) < 4.78 is 5.21. The molecule has 0 radical (unpaired) electrons. The maximum atomic E-state index is 2.56. The van der Waals surface area contributed by atoms with Gasteiger partial charge in [0.1, 0.15) is 0 Å². The van der Waals surface area contributed by atoms with Gasteiger partial charge < -0.3 is 4.57 Å². The van der Waals surface area contributed by atoms with Crippen LogP contribution in [0.15, 0.2) is 174 Å². The highest BCUT2D eigenvalue weighted by molar-refractivity contribution is 7.99. The number of nitrogens with zero attached hydrogens (tertiary/aromatic N) is 1. The molecule has 2 aliphatic rings. The molecule has 1 nitrogen and oxygen atoms in total. The summed E-state index contributed by atoms with van der Waals surface area (Å²) in [6.45, 7) is 0. The number of fused-ring (bicyclic) bond motifs is 17. The molecule has 0 bridgehead atoms. The van der Waals surface area contributed by atoms with Crippen molar-refractivity contribution in [2.45, 2.75) is 15.2 Å². The summed E-state index contributed by atoms with van der Waals surface area (Å²) in [7, 11) is 0. The number of aromatic nitrogens is 1. The Hall–Kier alpha value is -5.61. The van der Waals surface area contributed by atoms with E-state index in [0.717, 1.165) is 0 Å². The van der Waals surface area contributed by atoms with Gasteiger partial charge in [0, 0.05) is 51.8 Å². The molecule has 10 aromatic rings. The molecule has 0 unspecified atom stereocenters. The van der Waals surface area contributed by atoms with Crippen LogP contribution in [0.3, 0.4) is 0 Å². The number of hydrogen-bond donors (Lipinski definition) is 0. The van der Waals surface area contributed by atoms with Crippen molar-refractivity contribution in [3.8, 4) is 16.8 Å². The molecule has 1 spiro atoms. The van der Waals surface area contributed by atoms with Gasteiger partial charge in [0.15, 0.2) is 0 Å². The minimum Gasteiger partial charge on any atom is -0.309 e. The zero-order chi connectivity index (χ0) is 32.6. The highest BCUT2D eigenvalue weighted by atomic mass is 32.2. The van der Waals surface area contributed by atoms with Crippen molar-refractivity contribution in [2.24, 2.45) is 0 Å². The molecular weight excluding hydrogens is 643 g/mol. The van der Waals surface area contributed by atoms with Gasteiger partial charge in [0.25, 0.3) is 0 Å². The average molecular weight is 670 g/mol. The number of thiophene rings is 1. The van der Waals surface area contributed by atoms with Gasteiger partial charge in [-0.1, -0.05) is 133 Å². The summed E-state index contributed by atoms with van der Waals surface area (Å²) >= 11 is 3.80. The third-order valence-electron chi connectivity index (χ3n) is 11.2. The normalized spacial score (nSPS) is 14.1. The maximum Gasteiger partial charge on any atom is 0.0736 e. The van der Waals surface area contributed by atoms with Gasteiger partial charge in [-0.2, -0.15) is 0 Å². The molecule has 0 N–H and O–H groups in total. The fraction of sp³-hybridized carbons (Fsp3) is 0.0213. The molecule has 1 aliphatic heterocycles. The van der Waals surface area contributed by atoms with Crippen molar-refractivity contribution in [3.05, 3.63) is 186 Å². The molecule has 1 aliphatic carbocycles. The van der Waals surface area contributed by atoms with Crippen LogP contribution in [0.4, 0.5) is 0 Å². The maximum absolute atomic E-state index is 2.56. The van der Waals surface area contributed by atoms with E-state index < -0.39 is 5.41 Å². The van der Waals surface area contributed by atoms with Gasteiger partial charge in [0.2, 0.25) is 0 Å². The SMILES string of the molecule is c1ccc2c(c1)Sc1cc3c4ccc5ccccc5c4n(-c4ccc5sc6ccccc6c5c4)c3cc1C21c2ccccc2-c2ccccc21. The van der Waals surface area contributed by atoms with Gasteiger partial charge in [-0.25, -0.2) is 0 Å². The molecule has 3 heterocycles. The molecule has 0 atom stereocenters. The largest absolute Gasteiger partial charge is 0.309 e. The molecule has 8 aromatic carbocycles. The first-order valence-corrected chi connectivity index (χ1v) is 18.8. The Morgan fingerprint density at radius 1 is 0.420 bits per heavy atom. The van der Waals surface area contributed by atoms with E-state index in [-0.39, 0.29) is 0 Å². The zero-order valence-corrected chi connectivity index (χ0v) is 28.5. The van der Waals surface area contributed by atoms with Crippen LogP contribution in [0, 0.1) is 0 Å². The Kier molecular flexibility index (Phi) is 5.32. The third-order valence-corrected chi connectivity index (χ3v) is 13.5. The number of rotatable bonds is 1. The lowest BCUT2D eigenvalue weighted by Crippen LogP contribution is -2.32. The van der Waals surface area contributed by atoms with Crippen LogP contribution in [0.25, 0.3) is 69.6 Å². The van der Waals surface area contributed by atoms with Crippen molar-refractivity contribution < 1.29 is 0 Å². The first-order chi connectivity index (χ1) is 24.8. The van der Waals surface area contributed by atoms with Crippen LogP contribution in [0.2, 0.25) is 0 Å². The fourth-order valence-electron chi connectivity index (χ4n) is 9.25. The van der Waals surface area contributed by atoms with Crippen molar-refractivity contribution in [2.75, 3.05) is 0 Å². The highest BCUT2D eigenvalue weighted by Gasteiger charge is 2.50. The second-order valence-corrected chi connectivity index (χ2v) is 15.8. The minimum absolute atomic E-state index is 0.421. The van der Waals surface area contributed by atoms with E-state index in [1.165, 1.54) is 102 Å².